The Morgan fingerprint density at radius 2 is 1.46 bits per heavy atom. The fourth-order valence-electron chi connectivity index (χ4n) is 5.25. The Kier molecular flexibility index (Phi) is 11.0. The summed E-state index contributed by atoms with van der Waals surface area (Å²) < 4.78 is 157. The second kappa shape index (κ2) is 15.0. The van der Waals surface area contributed by atoms with E-state index in [2.05, 4.69) is 23.5 Å². The Morgan fingerprint density at radius 1 is 0.760 bits per heavy atom. The maximum Gasteiger partial charge on any atom is 0.458 e. The van der Waals surface area contributed by atoms with E-state index in [1.54, 1.807) is 0 Å². The van der Waals surface area contributed by atoms with Crippen molar-refractivity contribution in [3.05, 3.63) is 112 Å². The number of hydrogen-bond donors (Lipinski definition) is 0. The van der Waals surface area contributed by atoms with Gasteiger partial charge in [-0.15, -0.1) is 0 Å². The van der Waals surface area contributed by atoms with E-state index in [0.717, 1.165) is 49.8 Å². The summed E-state index contributed by atoms with van der Waals surface area (Å²) in [6.07, 6.45) is -6.24. The minimum absolute atomic E-state index is 0.149. The van der Waals surface area contributed by atoms with E-state index in [-0.39, 0.29) is 11.5 Å². The van der Waals surface area contributed by atoms with Gasteiger partial charge in [-0.3, -0.25) is 0 Å². The number of halogens is 10. The van der Waals surface area contributed by atoms with Gasteiger partial charge in [-0.1, -0.05) is 50.0 Å². The average molecular weight is 709 g/mol. The molecule has 0 aliphatic carbocycles. The molecule has 0 unspecified atom stereocenters. The first kappa shape index (κ1) is 36.6. The fraction of sp³-hybridized carbons (Fsp3) is 0.297. The quantitative estimate of drug-likeness (QED) is 0.104. The lowest BCUT2D eigenvalue weighted by atomic mass is 10.0. The van der Waals surface area contributed by atoms with Crippen molar-refractivity contribution >= 4 is 10.8 Å². The highest BCUT2D eigenvalue weighted by Crippen LogP contribution is 2.37. The molecule has 0 amide bonds. The summed E-state index contributed by atoms with van der Waals surface area (Å²) in [5, 5.41) is -0.898. The molecular formula is C37H26F10O3. The number of unbranched alkanes of at least 4 members (excludes halogenated alkanes) is 2. The van der Waals surface area contributed by atoms with E-state index >= 15 is 8.78 Å². The molecular weight excluding hydrogens is 682 g/mol. The van der Waals surface area contributed by atoms with E-state index in [1.165, 1.54) is 18.1 Å². The van der Waals surface area contributed by atoms with Gasteiger partial charge in [0.2, 0.25) is 0 Å². The van der Waals surface area contributed by atoms with Crippen molar-refractivity contribution < 1.29 is 58.1 Å². The molecule has 3 nitrogen and oxygen atoms in total. The fourth-order valence-corrected chi connectivity index (χ4v) is 5.25. The molecule has 0 spiro atoms. The summed E-state index contributed by atoms with van der Waals surface area (Å²) in [4.78, 5) is 0. The number of rotatable bonds is 8. The van der Waals surface area contributed by atoms with Crippen LogP contribution in [0.2, 0.25) is 0 Å². The predicted molar refractivity (Wildman–Crippen MR) is 162 cm³/mol. The van der Waals surface area contributed by atoms with Crippen molar-refractivity contribution in [2.45, 2.75) is 51.2 Å². The normalized spacial score (nSPS) is 16.4. The van der Waals surface area contributed by atoms with Crippen LogP contribution in [0.1, 0.15) is 66.7 Å². The van der Waals surface area contributed by atoms with E-state index in [0.29, 0.717) is 43.0 Å². The van der Waals surface area contributed by atoms with Crippen LogP contribution in [0, 0.1) is 58.7 Å². The van der Waals surface area contributed by atoms with Crippen molar-refractivity contribution in [3.63, 3.8) is 0 Å². The van der Waals surface area contributed by atoms with Crippen LogP contribution in [0.15, 0.2) is 54.6 Å². The molecule has 0 N–H and O–H groups in total. The van der Waals surface area contributed by atoms with E-state index in [4.69, 9.17) is 9.47 Å². The molecule has 1 fully saturated rings. The summed E-state index contributed by atoms with van der Waals surface area (Å²) in [6.45, 7) is 3.04. The topological polar surface area (TPSA) is 27.7 Å². The lowest BCUT2D eigenvalue weighted by Crippen LogP contribution is -2.27. The van der Waals surface area contributed by atoms with Gasteiger partial charge in [0.25, 0.3) is 0 Å². The van der Waals surface area contributed by atoms with Gasteiger partial charge in [-0.25, -0.2) is 22.0 Å². The van der Waals surface area contributed by atoms with Crippen LogP contribution >= 0.6 is 0 Å². The van der Waals surface area contributed by atoms with Gasteiger partial charge in [0.05, 0.1) is 24.3 Å². The molecule has 1 aliphatic rings. The molecule has 1 saturated heterocycles. The zero-order valence-corrected chi connectivity index (χ0v) is 26.1. The van der Waals surface area contributed by atoms with Crippen molar-refractivity contribution in [3.8, 4) is 29.4 Å². The molecule has 0 saturated carbocycles. The van der Waals surface area contributed by atoms with Crippen LogP contribution in [-0.4, -0.2) is 19.4 Å². The molecule has 0 aromatic heterocycles. The van der Waals surface area contributed by atoms with Crippen LogP contribution in [0.25, 0.3) is 10.8 Å². The molecule has 262 valence electrons. The molecule has 1 aliphatic heterocycles. The molecule has 0 radical (unpaired) electrons. The molecule has 0 atom stereocenters. The second-order valence-electron chi connectivity index (χ2n) is 11.5. The van der Waals surface area contributed by atoms with Gasteiger partial charge in [0.1, 0.15) is 40.4 Å². The highest BCUT2D eigenvalue weighted by molar-refractivity contribution is 5.86. The van der Waals surface area contributed by atoms with Crippen LogP contribution < -0.4 is 4.74 Å². The van der Waals surface area contributed by atoms with Crippen LogP contribution in [-0.2, 0) is 15.6 Å². The van der Waals surface area contributed by atoms with Gasteiger partial charge in [-0.2, -0.15) is 22.0 Å². The zero-order valence-electron chi connectivity index (χ0n) is 26.1. The molecule has 4 aromatic carbocycles. The number of fused-ring (bicyclic) bond motifs is 1. The highest BCUT2D eigenvalue weighted by Gasteiger charge is 2.41. The third kappa shape index (κ3) is 8.70. The standard InChI is InChI=1S/C37H26F10O3/c1-2-3-4-5-22-19-48-35(49-20-22)24-9-8-23(29(38)17-24)7-6-21-14-31(40)33(32(41)15-21)37(46,47)50-26-10-11-27-25(16-26)18-30(39)28(34(27)42)12-13-36(43,44)45/h8-11,14-18,22,35H,2-5,19-20H2,1H3. The van der Waals surface area contributed by atoms with Crippen molar-refractivity contribution in [2.24, 2.45) is 5.92 Å². The first-order valence-electron chi connectivity index (χ1n) is 15.3. The molecule has 5 rings (SSSR count). The van der Waals surface area contributed by atoms with Crippen LogP contribution in [0.5, 0.6) is 5.75 Å². The van der Waals surface area contributed by atoms with Gasteiger partial charge < -0.3 is 14.2 Å². The second-order valence-corrected chi connectivity index (χ2v) is 11.5. The summed E-state index contributed by atoms with van der Waals surface area (Å²) in [5.41, 5.74) is -3.16. The van der Waals surface area contributed by atoms with Gasteiger partial charge in [-0.05, 0) is 60.3 Å². The monoisotopic (exact) mass is 708 g/mol. The molecule has 1 heterocycles. The Morgan fingerprint density at radius 3 is 2.10 bits per heavy atom. The summed E-state index contributed by atoms with van der Waals surface area (Å²) in [7, 11) is 0. The first-order valence-corrected chi connectivity index (χ1v) is 15.3. The molecule has 50 heavy (non-hydrogen) atoms. The minimum Gasteiger partial charge on any atom is -0.429 e. The van der Waals surface area contributed by atoms with Crippen molar-refractivity contribution in [1.82, 2.24) is 0 Å². The minimum atomic E-state index is -5.03. The molecule has 13 heteroatoms. The van der Waals surface area contributed by atoms with E-state index in [9.17, 15) is 35.1 Å². The Labute approximate surface area is 280 Å². The largest absolute Gasteiger partial charge is 0.458 e. The summed E-state index contributed by atoms with van der Waals surface area (Å²) >= 11 is 0. The lowest BCUT2D eigenvalue weighted by Gasteiger charge is -2.29. The maximum atomic E-state index is 15.0. The Hall–Kier alpha value is -4.72. The van der Waals surface area contributed by atoms with E-state index < -0.39 is 80.9 Å². The summed E-state index contributed by atoms with van der Waals surface area (Å²) in [6, 6.07) is 7.75. The SMILES string of the molecule is CCCCCC1COC(c2ccc(C#Cc3cc(F)c(C(F)(F)Oc4ccc5c(F)c(C#CC(F)(F)F)c(F)cc5c4)c(F)c3)c(F)c2)OC1. The van der Waals surface area contributed by atoms with E-state index in [1.807, 2.05) is 0 Å². The Bertz CT molecular complexity index is 1990. The number of hydrogen-bond acceptors (Lipinski definition) is 3. The molecule has 0 bridgehead atoms. The van der Waals surface area contributed by atoms with Gasteiger partial charge in [0, 0.05) is 28.4 Å². The lowest BCUT2D eigenvalue weighted by molar-refractivity contribution is -0.206. The number of alkyl halides is 5. The third-order valence-corrected chi connectivity index (χ3v) is 7.70. The number of ether oxygens (including phenoxy) is 3. The average Bonchev–Trinajstić information content (AvgIpc) is 3.03. The first-order chi connectivity index (χ1) is 23.6. The smallest absolute Gasteiger partial charge is 0.429 e. The van der Waals surface area contributed by atoms with Crippen molar-refractivity contribution in [1.29, 1.82) is 0 Å². The van der Waals surface area contributed by atoms with Crippen LogP contribution in [0.3, 0.4) is 0 Å². The Balaban J connectivity index is 1.30. The highest BCUT2D eigenvalue weighted by atomic mass is 19.4. The van der Waals surface area contributed by atoms with Gasteiger partial charge in [0.15, 0.2) is 6.29 Å². The predicted octanol–water partition coefficient (Wildman–Crippen LogP) is 10.2. The molecule has 4 aromatic rings. The summed E-state index contributed by atoms with van der Waals surface area (Å²) in [5.74, 6) is -1.01. The maximum absolute atomic E-state index is 15.0. The number of benzene rings is 4. The van der Waals surface area contributed by atoms with Crippen LogP contribution in [0.4, 0.5) is 43.9 Å². The third-order valence-electron chi connectivity index (χ3n) is 7.70. The van der Waals surface area contributed by atoms with Gasteiger partial charge >= 0.3 is 12.3 Å². The van der Waals surface area contributed by atoms with Crippen molar-refractivity contribution in [2.75, 3.05) is 13.2 Å². The zero-order chi connectivity index (χ0) is 36.2.